The Kier molecular flexibility index (Phi) is 2.58. The lowest BCUT2D eigenvalue weighted by atomic mass is 10.7. The first-order valence-corrected chi connectivity index (χ1v) is 3.57. The molecule has 3 N–H and O–H groups in total. The van der Waals surface area contributed by atoms with Gasteiger partial charge in [0.1, 0.15) is 0 Å². The normalized spacial score (nSPS) is 12.2. The standard InChI is InChI=1S/C3H5O5P/c4-3(5)1-2-9(6,7)8/h1-2H,(H,4,5)(H2,6,7,8)/b2-1+. The van der Waals surface area contributed by atoms with Gasteiger partial charge in [0.2, 0.25) is 0 Å². The van der Waals surface area contributed by atoms with Crippen molar-refractivity contribution < 1.29 is 24.3 Å². The molecule has 0 spiro atoms. The van der Waals surface area contributed by atoms with Gasteiger partial charge in [-0.1, -0.05) is 0 Å². The zero-order chi connectivity index (χ0) is 7.49. The molecule has 0 saturated carbocycles. The summed E-state index contributed by atoms with van der Waals surface area (Å²) in [4.78, 5) is 25.7. The second-order valence-corrected chi connectivity index (χ2v) is 2.72. The van der Waals surface area contributed by atoms with Crippen molar-refractivity contribution in [3.8, 4) is 0 Å². The number of rotatable bonds is 2. The number of carboxylic acids is 1. The second-order valence-electron chi connectivity index (χ2n) is 1.24. The van der Waals surface area contributed by atoms with Crippen LogP contribution in [0.3, 0.4) is 0 Å². The molecule has 9 heavy (non-hydrogen) atoms. The predicted molar refractivity (Wildman–Crippen MR) is 28.8 cm³/mol. The summed E-state index contributed by atoms with van der Waals surface area (Å²) in [6.07, 6.45) is 0.404. The van der Waals surface area contributed by atoms with Gasteiger partial charge in [-0.05, 0) is 0 Å². The van der Waals surface area contributed by atoms with E-state index in [-0.39, 0.29) is 0 Å². The third kappa shape index (κ3) is 7.36. The van der Waals surface area contributed by atoms with Crippen LogP contribution in [0.5, 0.6) is 0 Å². The third-order valence-corrected chi connectivity index (χ3v) is 0.949. The zero-order valence-corrected chi connectivity index (χ0v) is 5.15. The van der Waals surface area contributed by atoms with Crippen LogP contribution in [0, 0.1) is 0 Å². The van der Waals surface area contributed by atoms with Crippen molar-refractivity contribution in [2.24, 2.45) is 0 Å². The first-order valence-electron chi connectivity index (χ1n) is 1.89. The van der Waals surface area contributed by atoms with E-state index in [2.05, 4.69) is 0 Å². The Bertz CT molecular complexity index is 177. The largest absolute Gasteiger partial charge is 0.478 e. The molecule has 0 atom stereocenters. The Balaban J connectivity index is 4.02. The van der Waals surface area contributed by atoms with E-state index < -0.39 is 13.6 Å². The maximum atomic E-state index is 9.88. The van der Waals surface area contributed by atoms with Crippen LogP contribution in [0.25, 0.3) is 0 Å². The third-order valence-electron chi connectivity index (χ3n) is 0.411. The minimum atomic E-state index is -4.28. The summed E-state index contributed by atoms with van der Waals surface area (Å²) < 4.78 is 9.88. The highest BCUT2D eigenvalue weighted by atomic mass is 31.2. The fourth-order valence-electron chi connectivity index (χ4n) is 0.161. The number of hydrogen-bond acceptors (Lipinski definition) is 2. The Hall–Kier alpha value is -0.640. The maximum Gasteiger partial charge on any atom is 0.349 e. The van der Waals surface area contributed by atoms with Crippen LogP contribution in [0.15, 0.2) is 11.9 Å². The molecule has 0 fully saturated rings. The van der Waals surface area contributed by atoms with Gasteiger partial charge < -0.3 is 14.9 Å². The van der Waals surface area contributed by atoms with Crippen molar-refractivity contribution in [3.63, 3.8) is 0 Å². The van der Waals surface area contributed by atoms with Crippen molar-refractivity contribution in [2.75, 3.05) is 0 Å². The monoisotopic (exact) mass is 152 g/mol. The molecule has 6 heteroatoms. The molecule has 0 radical (unpaired) electrons. The molecule has 5 nitrogen and oxygen atoms in total. The number of carbonyl (C=O) groups is 1. The van der Waals surface area contributed by atoms with Crippen molar-refractivity contribution in [3.05, 3.63) is 11.9 Å². The number of aliphatic carboxylic acids is 1. The van der Waals surface area contributed by atoms with E-state index >= 15 is 0 Å². The Morgan fingerprint density at radius 2 is 1.89 bits per heavy atom. The van der Waals surface area contributed by atoms with E-state index in [0.717, 1.165) is 0 Å². The summed E-state index contributed by atoms with van der Waals surface area (Å²) in [6.45, 7) is 0. The van der Waals surface area contributed by atoms with Crippen LogP contribution in [-0.2, 0) is 9.36 Å². The van der Waals surface area contributed by atoms with Gasteiger partial charge in [0, 0.05) is 11.9 Å². The molecule has 52 valence electrons. The summed E-state index contributed by atoms with van der Waals surface area (Å²) in [6, 6.07) is 0. The van der Waals surface area contributed by atoms with Gasteiger partial charge in [0.05, 0.1) is 0 Å². The second kappa shape index (κ2) is 2.77. The SMILES string of the molecule is O=C(O)/C=C/P(=O)(O)O. The molecule has 0 aliphatic heterocycles. The highest BCUT2D eigenvalue weighted by molar-refractivity contribution is 7.55. The number of carboxylic acid groups (broad SMARTS) is 1. The average molecular weight is 152 g/mol. The van der Waals surface area contributed by atoms with Gasteiger partial charge in [0.15, 0.2) is 0 Å². The molecule has 0 rings (SSSR count). The predicted octanol–water partition coefficient (Wildman–Crippen LogP) is -0.238. The molecule has 0 aliphatic carbocycles. The van der Waals surface area contributed by atoms with Crippen molar-refractivity contribution in [2.45, 2.75) is 0 Å². The van der Waals surface area contributed by atoms with Gasteiger partial charge in [-0.15, -0.1) is 0 Å². The first kappa shape index (κ1) is 8.36. The highest BCUT2D eigenvalue weighted by Crippen LogP contribution is 2.35. The lowest BCUT2D eigenvalue weighted by molar-refractivity contribution is -0.131. The van der Waals surface area contributed by atoms with Gasteiger partial charge in [-0.2, -0.15) is 0 Å². The van der Waals surface area contributed by atoms with E-state index in [0.29, 0.717) is 11.9 Å². The summed E-state index contributed by atoms with van der Waals surface area (Å²) >= 11 is 0. The molecule has 0 aromatic carbocycles. The van der Waals surface area contributed by atoms with Gasteiger partial charge in [0.25, 0.3) is 0 Å². The van der Waals surface area contributed by atoms with Gasteiger partial charge in [-0.3, -0.25) is 4.57 Å². The van der Waals surface area contributed by atoms with E-state index in [9.17, 15) is 9.36 Å². The van der Waals surface area contributed by atoms with Crippen LogP contribution < -0.4 is 0 Å². The van der Waals surface area contributed by atoms with Crippen LogP contribution in [0.2, 0.25) is 0 Å². The topological polar surface area (TPSA) is 94.8 Å². The minimum Gasteiger partial charge on any atom is -0.478 e. The average Bonchev–Trinajstić information content (AvgIpc) is 1.59. The molecular formula is C3H5O5P. The smallest absolute Gasteiger partial charge is 0.349 e. The van der Waals surface area contributed by atoms with E-state index in [4.69, 9.17) is 14.9 Å². The van der Waals surface area contributed by atoms with Crippen LogP contribution in [0.4, 0.5) is 0 Å². The summed E-state index contributed by atoms with van der Waals surface area (Å²) in [5, 5.41) is 7.85. The maximum absolute atomic E-state index is 9.88. The fourth-order valence-corrected chi connectivity index (χ4v) is 0.483. The van der Waals surface area contributed by atoms with Crippen molar-refractivity contribution in [1.82, 2.24) is 0 Å². The van der Waals surface area contributed by atoms with Gasteiger partial charge >= 0.3 is 13.6 Å². The zero-order valence-electron chi connectivity index (χ0n) is 4.26. The van der Waals surface area contributed by atoms with Crippen LogP contribution in [0.1, 0.15) is 0 Å². The lowest BCUT2D eigenvalue weighted by Gasteiger charge is -1.90. The molecule has 0 saturated heterocycles. The van der Waals surface area contributed by atoms with Crippen molar-refractivity contribution in [1.29, 1.82) is 0 Å². The molecule has 0 amide bonds. The molecular weight excluding hydrogens is 147 g/mol. The van der Waals surface area contributed by atoms with Crippen LogP contribution >= 0.6 is 7.60 Å². The molecule has 0 aromatic rings. The quantitative estimate of drug-likeness (QED) is 0.375. The molecule has 0 unspecified atom stereocenters. The first-order chi connectivity index (χ1) is 3.92. The molecule has 0 bridgehead atoms. The van der Waals surface area contributed by atoms with E-state index in [1.807, 2.05) is 0 Å². The molecule has 0 aromatic heterocycles. The van der Waals surface area contributed by atoms with Crippen LogP contribution in [-0.4, -0.2) is 20.9 Å². The molecule has 0 heterocycles. The summed E-state index contributed by atoms with van der Waals surface area (Å²) in [7, 11) is -4.28. The van der Waals surface area contributed by atoms with E-state index in [1.54, 1.807) is 0 Å². The van der Waals surface area contributed by atoms with Gasteiger partial charge in [-0.25, -0.2) is 4.79 Å². The van der Waals surface area contributed by atoms with Crippen molar-refractivity contribution >= 4 is 13.6 Å². The minimum absolute atomic E-state index is 0.329. The lowest BCUT2D eigenvalue weighted by Crippen LogP contribution is -1.85. The highest BCUT2D eigenvalue weighted by Gasteiger charge is 2.05. The fraction of sp³-hybridized carbons (Fsp3) is 0. The molecule has 0 aliphatic rings. The summed E-state index contributed by atoms with van der Waals surface area (Å²) in [5.74, 6) is -1.05. The van der Waals surface area contributed by atoms with E-state index in [1.165, 1.54) is 0 Å². The Labute approximate surface area is 50.8 Å². The Morgan fingerprint density at radius 3 is 2.00 bits per heavy atom. The summed E-state index contributed by atoms with van der Waals surface area (Å²) in [5.41, 5.74) is 0. The number of hydrogen-bond donors (Lipinski definition) is 3. The Morgan fingerprint density at radius 1 is 1.44 bits per heavy atom.